The van der Waals surface area contributed by atoms with Crippen LogP contribution in [-0.4, -0.2) is 28.6 Å². The van der Waals surface area contributed by atoms with Crippen LogP contribution in [0, 0.1) is 23.1 Å². The highest BCUT2D eigenvalue weighted by Gasteiger charge is 2.49. The standard InChI is InChI=1S/C27H31FN2O2/c1-16(15-31)30-26(32)18-10-17-5-6-21-22(7-9-27(2)8-3-4-24(21)27)25(17)23(12-18)19-11-20(28)14-29-13-19/h3,8,10-14,16,21-22,24,31H,4-7,9,15H2,1-2H3,(H,30,32)/t16-,21+,22-,24-,27-/m0/s1. The zero-order valence-corrected chi connectivity index (χ0v) is 18.8. The van der Waals surface area contributed by atoms with Crippen molar-refractivity contribution in [3.8, 4) is 11.1 Å². The molecule has 1 fully saturated rings. The third kappa shape index (κ3) is 3.57. The van der Waals surface area contributed by atoms with Gasteiger partial charge < -0.3 is 10.4 Å². The highest BCUT2D eigenvalue weighted by molar-refractivity contribution is 5.96. The van der Waals surface area contributed by atoms with E-state index in [1.165, 1.54) is 23.4 Å². The number of pyridine rings is 1. The first-order chi connectivity index (χ1) is 15.4. The predicted octanol–water partition coefficient (Wildman–Crippen LogP) is 5.02. The fraction of sp³-hybridized carbons (Fsp3) is 0.481. The van der Waals surface area contributed by atoms with Crippen LogP contribution in [-0.2, 0) is 6.42 Å². The maximum atomic E-state index is 14.1. The third-order valence-electron chi connectivity index (χ3n) is 8.08. The highest BCUT2D eigenvalue weighted by Crippen LogP contribution is 2.59. The van der Waals surface area contributed by atoms with Gasteiger partial charge in [-0.05, 0) is 97.1 Å². The van der Waals surface area contributed by atoms with Crippen molar-refractivity contribution in [1.29, 1.82) is 0 Å². The lowest BCUT2D eigenvalue weighted by Gasteiger charge is -2.49. The first-order valence-electron chi connectivity index (χ1n) is 11.8. The summed E-state index contributed by atoms with van der Waals surface area (Å²) in [6.45, 7) is 4.06. The second-order valence-electron chi connectivity index (χ2n) is 10.1. The zero-order valence-electron chi connectivity index (χ0n) is 18.8. The Bertz CT molecular complexity index is 1080. The van der Waals surface area contributed by atoms with Gasteiger partial charge in [0, 0.05) is 23.4 Å². The summed E-state index contributed by atoms with van der Waals surface area (Å²) in [4.78, 5) is 17.0. The topological polar surface area (TPSA) is 62.2 Å². The number of rotatable bonds is 4. The fourth-order valence-corrected chi connectivity index (χ4v) is 6.49. The van der Waals surface area contributed by atoms with Gasteiger partial charge in [-0.25, -0.2) is 4.39 Å². The van der Waals surface area contributed by atoms with Crippen LogP contribution in [0.3, 0.4) is 0 Å². The lowest BCUT2D eigenvalue weighted by molar-refractivity contribution is 0.0827. The number of aromatic nitrogens is 1. The molecular weight excluding hydrogens is 403 g/mol. The van der Waals surface area contributed by atoms with Gasteiger partial charge in [0.1, 0.15) is 5.82 Å². The van der Waals surface area contributed by atoms with Crippen molar-refractivity contribution in [2.75, 3.05) is 6.61 Å². The average molecular weight is 435 g/mol. The number of carbonyl (C=O) groups is 1. The van der Waals surface area contributed by atoms with E-state index in [4.69, 9.17) is 0 Å². The van der Waals surface area contributed by atoms with E-state index < -0.39 is 0 Å². The SMILES string of the molecule is C[C@@H](CO)NC(=O)c1cc2c(c(-c3cncc(F)c3)c1)[C@H]1CC[C@]3(C)C=CC[C@H]3[C@@H]1CC2. The van der Waals surface area contributed by atoms with Crippen LogP contribution >= 0.6 is 0 Å². The maximum absolute atomic E-state index is 14.1. The molecule has 168 valence electrons. The molecule has 0 spiro atoms. The number of nitrogens with zero attached hydrogens (tertiary/aromatic N) is 1. The molecule has 3 aliphatic carbocycles. The van der Waals surface area contributed by atoms with E-state index in [9.17, 15) is 14.3 Å². The third-order valence-corrected chi connectivity index (χ3v) is 8.08. The second kappa shape index (κ2) is 8.11. The molecule has 1 aromatic carbocycles. The van der Waals surface area contributed by atoms with Crippen molar-refractivity contribution in [3.05, 3.63) is 65.3 Å². The second-order valence-corrected chi connectivity index (χ2v) is 10.1. The van der Waals surface area contributed by atoms with Gasteiger partial charge in [0.15, 0.2) is 0 Å². The predicted molar refractivity (Wildman–Crippen MR) is 123 cm³/mol. The molecule has 1 saturated carbocycles. The van der Waals surface area contributed by atoms with Crippen LogP contribution in [0.5, 0.6) is 0 Å². The van der Waals surface area contributed by atoms with Gasteiger partial charge in [-0.1, -0.05) is 19.1 Å². The summed E-state index contributed by atoms with van der Waals surface area (Å²) >= 11 is 0. The van der Waals surface area contributed by atoms with Gasteiger partial charge in [0.25, 0.3) is 5.91 Å². The number of nitrogens with one attached hydrogen (secondary N) is 1. The first-order valence-corrected chi connectivity index (χ1v) is 11.8. The minimum Gasteiger partial charge on any atom is -0.394 e. The molecule has 1 heterocycles. The fourth-order valence-electron chi connectivity index (χ4n) is 6.49. The monoisotopic (exact) mass is 434 g/mol. The Labute approximate surface area is 189 Å². The van der Waals surface area contributed by atoms with E-state index in [0.717, 1.165) is 43.2 Å². The normalized spacial score (nSPS) is 29.1. The Morgan fingerprint density at radius 1 is 1.31 bits per heavy atom. The molecule has 32 heavy (non-hydrogen) atoms. The molecule has 5 heteroatoms. The van der Waals surface area contributed by atoms with Gasteiger partial charge in [-0.15, -0.1) is 0 Å². The van der Waals surface area contributed by atoms with Gasteiger partial charge >= 0.3 is 0 Å². The molecule has 0 saturated heterocycles. The summed E-state index contributed by atoms with van der Waals surface area (Å²) in [5, 5.41) is 12.2. The number of aliphatic hydroxyl groups excluding tert-OH is 1. The van der Waals surface area contributed by atoms with Crippen LogP contribution in [0.4, 0.5) is 4.39 Å². The summed E-state index contributed by atoms with van der Waals surface area (Å²) in [6.07, 6.45) is 13.2. The van der Waals surface area contributed by atoms with E-state index in [2.05, 4.69) is 29.4 Å². The highest BCUT2D eigenvalue weighted by atomic mass is 19.1. The van der Waals surface area contributed by atoms with Crippen molar-refractivity contribution in [1.82, 2.24) is 10.3 Å². The Kier molecular flexibility index (Phi) is 5.40. The van der Waals surface area contributed by atoms with Crippen molar-refractivity contribution in [3.63, 3.8) is 0 Å². The van der Waals surface area contributed by atoms with Crippen molar-refractivity contribution in [2.24, 2.45) is 17.3 Å². The largest absolute Gasteiger partial charge is 0.394 e. The molecule has 5 rings (SSSR count). The van der Waals surface area contributed by atoms with Gasteiger partial charge in [0.05, 0.1) is 12.8 Å². The van der Waals surface area contributed by atoms with E-state index in [0.29, 0.717) is 28.7 Å². The quantitative estimate of drug-likeness (QED) is 0.664. The summed E-state index contributed by atoms with van der Waals surface area (Å²) in [5.74, 6) is 1.09. The van der Waals surface area contributed by atoms with Crippen LogP contribution < -0.4 is 5.32 Å². The van der Waals surface area contributed by atoms with E-state index in [1.807, 2.05) is 12.1 Å². The van der Waals surface area contributed by atoms with Gasteiger partial charge in [-0.2, -0.15) is 0 Å². The molecule has 1 aromatic heterocycles. The first kappa shape index (κ1) is 21.3. The van der Waals surface area contributed by atoms with Crippen molar-refractivity contribution >= 4 is 5.91 Å². The molecule has 1 amide bonds. The molecule has 3 aliphatic rings. The van der Waals surface area contributed by atoms with Crippen LogP contribution in [0.1, 0.15) is 66.9 Å². The lowest BCUT2D eigenvalue weighted by Crippen LogP contribution is -2.40. The van der Waals surface area contributed by atoms with Crippen molar-refractivity contribution in [2.45, 2.75) is 57.9 Å². The number of hydrogen-bond donors (Lipinski definition) is 2. The van der Waals surface area contributed by atoms with Crippen LogP contribution in [0.25, 0.3) is 11.1 Å². The number of allylic oxidation sites excluding steroid dienone is 2. The lowest BCUT2D eigenvalue weighted by atomic mass is 9.55. The van der Waals surface area contributed by atoms with E-state index in [-0.39, 0.29) is 24.4 Å². The Morgan fingerprint density at radius 2 is 2.16 bits per heavy atom. The van der Waals surface area contributed by atoms with Gasteiger partial charge in [-0.3, -0.25) is 9.78 Å². The number of benzene rings is 1. The molecule has 4 nitrogen and oxygen atoms in total. The Balaban J connectivity index is 1.61. The number of fused-ring (bicyclic) bond motifs is 5. The summed E-state index contributed by atoms with van der Waals surface area (Å²) in [5.41, 5.74) is 4.99. The van der Waals surface area contributed by atoms with Crippen LogP contribution in [0.2, 0.25) is 0 Å². The number of amides is 1. The Morgan fingerprint density at radius 3 is 2.94 bits per heavy atom. The van der Waals surface area contributed by atoms with E-state index >= 15 is 0 Å². The molecule has 2 N–H and O–H groups in total. The number of carbonyl (C=O) groups excluding carboxylic acids is 1. The molecule has 0 aliphatic heterocycles. The minimum atomic E-state index is -0.372. The minimum absolute atomic E-state index is 0.116. The molecule has 2 aromatic rings. The van der Waals surface area contributed by atoms with E-state index in [1.54, 1.807) is 13.1 Å². The molecular formula is C27H31FN2O2. The van der Waals surface area contributed by atoms with Crippen molar-refractivity contribution < 1.29 is 14.3 Å². The molecule has 0 bridgehead atoms. The Hall–Kier alpha value is -2.53. The maximum Gasteiger partial charge on any atom is 0.251 e. The van der Waals surface area contributed by atoms with Crippen LogP contribution in [0.15, 0.2) is 42.7 Å². The average Bonchev–Trinajstić information content (AvgIpc) is 3.19. The number of halogens is 1. The number of hydrogen-bond acceptors (Lipinski definition) is 3. The summed E-state index contributed by atoms with van der Waals surface area (Å²) in [7, 11) is 0. The summed E-state index contributed by atoms with van der Waals surface area (Å²) < 4.78 is 14.1. The summed E-state index contributed by atoms with van der Waals surface area (Å²) in [6, 6.07) is 5.11. The number of aliphatic hydroxyl groups is 1. The molecule has 5 atom stereocenters. The van der Waals surface area contributed by atoms with Gasteiger partial charge in [0.2, 0.25) is 0 Å². The molecule has 0 unspecified atom stereocenters. The number of aryl methyl sites for hydroxylation is 1. The smallest absolute Gasteiger partial charge is 0.251 e. The zero-order chi connectivity index (χ0) is 22.5. The molecule has 0 radical (unpaired) electrons.